The van der Waals surface area contributed by atoms with Crippen LogP contribution in [0.3, 0.4) is 0 Å². The molecule has 0 heterocycles. The summed E-state index contributed by atoms with van der Waals surface area (Å²) in [6.07, 6.45) is 0.156. The van der Waals surface area contributed by atoms with Crippen molar-refractivity contribution in [3.8, 4) is 0 Å². The summed E-state index contributed by atoms with van der Waals surface area (Å²) in [6, 6.07) is 0. The average molecular weight is 569 g/mol. The molecule has 4 rings (SSSR count). The third kappa shape index (κ3) is 4.13. The van der Waals surface area contributed by atoms with Crippen molar-refractivity contribution in [2.24, 2.45) is 39.4 Å². The van der Waals surface area contributed by atoms with Crippen molar-refractivity contribution in [2.75, 3.05) is 0 Å². The maximum atomic E-state index is 14.6. The van der Waals surface area contributed by atoms with Gasteiger partial charge in [0, 0.05) is 60.0 Å². The number of ketones is 5. The van der Waals surface area contributed by atoms with Gasteiger partial charge >= 0.3 is 11.9 Å². The van der Waals surface area contributed by atoms with Gasteiger partial charge in [0.15, 0.2) is 17.7 Å². The maximum Gasteiger partial charge on any atom is 0.306 e. The third-order valence-corrected chi connectivity index (χ3v) is 11.1. The summed E-state index contributed by atoms with van der Waals surface area (Å²) in [5.41, 5.74) is -3.82. The lowest BCUT2D eigenvalue weighted by Crippen LogP contribution is -2.64. The van der Waals surface area contributed by atoms with Gasteiger partial charge in [-0.1, -0.05) is 40.2 Å². The molecular weight excluding hydrogens is 528 g/mol. The highest BCUT2D eigenvalue weighted by Crippen LogP contribution is 2.70. The number of hydrogen-bond acceptors (Lipinski definition) is 8. The van der Waals surface area contributed by atoms with Gasteiger partial charge in [0.05, 0.1) is 11.3 Å². The maximum absolute atomic E-state index is 14.6. The van der Waals surface area contributed by atoms with Crippen LogP contribution >= 0.6 is 0 Å². The molecule has 0 aromatic heterocycles. The molecule has 0 bridgehead atoms. The standard InChI is InChI=1S/C32H40O9/c1-15(11-18(34)12-16(2)28(39)40)19-13-23(37)32(8)24-20(35)14-21-29(4,5)22(36)9-10-30(21,6)25(24)26(38)27(31(19,32)7)41-17(3)33/h11,16,19,21,27H,9-10,12-14H2,1-8H3,(H,39,40). The van der Waals surface area contributed by atoms with Gasteiger partial charge in [0.25, 0.3) is 0 Å². The monoisotopic (exact) mass is 568 g/mol. The molecule has 2 fully saturated rings. The quantitative estimate of drug-likeness (QED) is 0.370. The summed E-state index contributed by atoms with van der Waals surface area (Å²) in [5.74, 6) is -5.51. The first kappa shape index (κ1) is 30.7. The predicted octanol–water partition coefficient (Wildman–Crippen LogP) is 4.01. The Balaban J connectivity index is 1.94. The Kier molecular flexibility index (Phi) is 7.24. The van der Waals surface area contributed by atoms with E-state index in [0.29, 0.717) is 12.0 Å². The van der Waals surface area contributed by atoms with E-state index in [0.717, 1.165) is 0 Å². The number of allylic oxidation sites excluding steroid dienone is 3. The van der Waals surface area contributed by atoms with Gasteiger partial charge in [0.1, 0.15) is 11.6 Å². The molecule has 4 aliphatic rings. The van der Waals surface area contributed by atoms with E-state index < -0.39 is 69.0 Å². The van der Waals surface area contributed by atoms with E-state index >= 15 is 0 Å². The second kappa shape index (κ2) is 9.66. The number of hydrogen-bond donors (Lipinski definition) is 1. The first-order valence-electron chi connectivity index (χ1n) is 14.3. The van der Waals surface area contributed by atoms with Crippen LogP contribution < -0.4 is 0 Å². The molecule has 222 valence electrons. The number of ether oxygens (including phenoxy) is 1. The van der Waals surface area contributed by atoms with E-state index in [1.54, 1.807) is 34.6 Å². The third-order valence-electron chi connectivity index (χ3n) is 11.1. The lowest BCUT2D eigenvalue weighted by atomic mass is 9.42. The molecule has 0 aliphatic heterocycles. The number of carbonyl (C=O) groups excluding carboxylic acids is 6. The molecule has 0 amide bonds. The molecule has 7 atom stereocenters. The van der Waals surface area contributed by atoms with Crippen LogP contribution in [0.5, 0.6) is 0 Å². The van der Waals surface area contributed by atoms with Crippen molar-refractivity contribution < 1.29 is 43.4 Å². The topological polar surface area (TPSA) is 149 Å². The number of aliphatic carboxylic acids is 1. The summed E-state index contributed by atoms with van der Waals surface area (Å²) >= 11 is 0. The van der Waals surface area contributed by atoms with Crippen LogP contribution in [-0.4, -0.2) is 52.1 Å². The Bertz CT molecular complexity index is 1360. The lowest BCUT2D eigenvalue weighted by molar-refractivity contribution is -0.172. The molecule has 0 spiro atoms. The van der Waals surface area contributed by atoms with Crippen molar-refractivity contribution in [1.82, 2.24) is 0 Å². The molecule has 2 saturated carbocycles. The highest BCUT2D eigenvalue weighted by molar-refractivity contribution is 6.18. The number of Topliss-reactive ketones (excluding diaryl/α,β-unsaturated/α-hetero) is 4. The van der Waals surface area contributed by atoms with E-state index in [1.807, 2.05) is 6.92 Å². The van der Waals surface area contributed by atoms with Crippen molar-refractivity contribution in [2.45, 2.75) is 93.6 Å². The van der Waals surface area contributed by atoms with Crippen molar-refractivity contribution in [1.29, 1.82) is 0 Å². The SMILES string of the molecule is CC(=O)OC1C(=O)C2=C(C(=O)CC3C(C)(C)C(=O)CCC23C)C2(C)C(=O)CC(C(C)=CC(=O)CC(C)C(=O)O)C12C. The second-order valence-electron chi connectivity index (χ2n) is 13.7. The largest absolute Gasteiger partial charge is 0.481 e. The number of carbonyl (C=O) groups is 7. The molecule has 0 radical (unpaired) electrons. The summed E-state index contributed by atoms with van der Waals surface area (Å²) in [6.45, 7) is 13.1. The Labute approximate surface area is 240 Å². The highest BCUT2D eigenvalue weighted by Gasteiger charge is 2.74. The zero-order valence-electron chi connectivity index (χ0n) is 25.1. The lowest BCUT2D eigenvalue weighted by Gasteiger charge is -2.59. The van der Waals surface area contributed by atoms with Crippen LogP contribution in [-0.2, 0) is 38.3 Å². The second-order valence-corrected chi connectivity index (χ2v) is 13.7. The average Bonchev–Trinajstić information content (AvgIpc) is 3.07. The molecule has 9 nitrogen and oxygen atoms in total. The number of fused-ring (bicyclic) bond motifs is 4. The minimum absolute atomic E-state index is 0.0174. The van der Waals surface area contributed by atoms with Crippen LogP contribution in [0.2, 0.25) is 0 Å². The molecule has 1 N–H and O–H groups in total. The Hall–Kier alpha value is -3.23. The van der Waals surface area contributed by atoms with Gasteiger partial charge in [-0.3, -0.25) is 33.6 Å². The molecule has 0 saturated heterocycles. The fourth-order valence-corrected chi connectivity index (χ4v) is 8.57. The van der Waals surface area contributed by atoms with Gasteiger partial charge in [-0.25, -0.2) is 0 Å². The fraction of sp³-hybridized carbons (Fsp3) is 0.656. The molecule has 9 heteroatoms. The number of rotatable bonds is 6. The van der Waals surface area contributed by atoms with Crippen LogP contribution in [0.15, 0.2) is 22.8 Å². The molecule has 0 aromatic carbocycles. The smallest absolute Gasteiger partial charge is 0.306 e. The summed E-state index contributed by atoms with van der Waals surface area (Å²) < 4.78 is 5.75. The summed E-state index contributed by atoms with van der Waals surface area (Å²) in [4.78, 5) is 92.1. The predicted molar refractivity (Wildman–Crippen MR) is 146 cm³/mol. The van der Waals surface area contributed by atoms with Gasteiger partial charge in [0.2, 0.25) is 5.78 Å². The van der Waals surface area contributed by atoms with Gasteiger partial charge in [-0.05, 0) is 38.2 Å². The molecule has 4 aliphatic carbocycles. The number of carboxylic acids is 1. The van der Waals surface area contributed by atoms with E-state index in [2.05, 4.69) is 0 Å². The van der Waals surface area contributed by atoms with Crippen LogP contribution in [0.4, 0.5) is 0 Å². The normalized spacial score (nSPS) is 37.3. The zero-order valence-corrected chi connectivity index (χ0v) is 25.1. The van der Waals surface area contributed by atoms with Gasteiger partial charge in [-0.15, -0.1) is 0 Å². The molecule has 7 unspecified atom stereocenters. The molecule has 0 aromatic rings. The van der Waals surface area contributed by atoms with Gasteiger partial charge in [-0.2, -0.15) is 0 Å². The number of carboxylic acid groups (broad SMARTS) is 1. The first-order chi connectivity index (χ1) is 18.8. The van der Waals surface area contributed by atoms with Crippen LogP contribution in [0, 0.1) is 39.4 Å². The van der Waals surface area contributed by atoms with E-state index in [4.69, 9.17) is 4.74 Å². The Morgan fingerprint density at radius 1 is 0.976 bits per heavy atom. The van der Waals surface area contributed by atoms with Crippen molar-refractivity contribution >= 4 is 40.9 Å². The van der Waals surface area contributed by atoms with Crippen molar-refractivity contribution in [3.63, 3.8) is 0 Å². The minimum atomic E-state index is -1.50. The Morgan fingerprint density at radius 3 is 2.15 bits per heavy atom. The summed E-state index contributed by atoms with van der Waals surface area (Å²) in [7, 11) is 0. The molecular formula is C32H40O9. The number of esters is 1. The van der Waals surface area contributed by atoms with Gasteiger partial charge < -0.3 is 9.84 Å². The van der Waals surface area contributed by atoms with Crippen molar-refractivity contribution in [3.05, 3.63) is 22.8 Å². The minimum Gasteiger partial charge on any atom is -0.481 e. The fourth-order valence-electron chi connectivity index (χ4n) is 8.57. The van der Waals surface area contributed by atoms with E-state index in [-0.39, 0.29) is 54.2 Å². The zero-order chi connectivity index (χ0) is 31.0. The van der Waals surface area contributed by atoms with E-state index in [1.165, 1.54) is 19.9 Å². The van der Waals surface area contributed by atoms with Crippen LogP contribution in [0.25, 0.3) is 0 Å². The summed E-state index contributed by atoms with van der Waals surface area (Å²) in [5, 5.41) is 9.21. The highest BCUT2D eigenvalue weighted by atomic mass is 16.5. The van der Waals surface area contributed by atoms with Crippen LogP contribution in [0.1, 0.15) is 87.5 Å². The molecule has 41 heavy (non-hydrogen) atoms. The Morgan fingerprint density at radius 2 is 1.59 bits per heavy atom. The van der Waals surface area contributed by atoms with E-state index in [9.17, 15) is 38.7 Å². The first-order valence-corrected chi connectivity index (χ1v) is 14.3.